The van der Waals surface area contributed by atoms with Crippen LogP contribution in [0.15, 0.2) is 41.8 Å². The zero-order chi connectivity index (χ0) is 16.1. The van der Waals surface area contributed by atoms with Gasteiger partial charge in [0.05, 0.1) is 19.0 Å². The normalized spacial score (nSPS) is 20.5. The van der Waals surface area contributed by atoms with Crippen LogP contribution in [0.4, 0.5) is 0 Å². The van der Waals surface area contributed by atoms with Gasteiger partial charge in [-0.1, -0.05) is 0 Å². The number of H-pyrrole nitrogens is 1. The Hall–Kier alpha value is -2.41. The van der Waals surface area contributed by atoms with Crippen molar-refractivity contribution in [3.63, 3.8) is 0 Å². The molecule has 7 heteroatoms. The van der Waals surface area contributed by atoms with Gasteiger partial charge in [-0.3, -0.25) is 9.59 Å². The van der Waals surface area contributed by atoms with Crippen LogP contribution in [-0.2, 0) is 16.1 Å². The van der Waals surface area contributed by atoms with Gasteiger partial charge in [0.25, 0.3) is 0 Å². The average Bonchev–Trinajstić information content (AvgIpc) is 3.18. The van der Waals surface area contributed by atoms with Gasteiger partial charge in [0, 0.05) is 30.7 Å². The molecule has 0 aromatic carbocycles. The second-order valence-corrected chi connectivity index (χ2v) is 5.74. The van der Waals surface area contributed by atoms with Crippen LogP contribution in [0.3, 0.4) is 0 Å². The van der Waals surface area contributed by atoms with Crippen molar-refractivity contribution in [1.29, 1.82) is 0 Å². The monoisotopic (exact) mass is 316 g/mol. The second kappa shape index (κ2) is 7.23. The topological polar surface area (TPSA) is 89.0 Å². The SMILES string of the molecule is O=C(COCc1cc[nH]c(=O)c1)N[C@@H]1CCC[C@@H]1n1ccnc1. The van der Waals surface area contributed by atoms with Crippen molar-refractivity contribution < 1.29 is 9.53 Å². The molecule has 1 fully saturated rings. The fourth-order valence-electron chi connectivity index (χ4n) is 3.02. The number of carbonyl (C=O) groups is 1. The maximum absolute atomic E-state index is 12.0. The van der Waals surface area contributed by atoms with Gasteiger partial charge in [0.2, 0.25) is 11.5 Å². The first kappa shape index (κ1) is 15.5. The molecule has 2 atom stereocenters. The fourth-order valence-corrected chi connectivity index (χ4v) is 3.02. The average molecular weight is 316 g/mol. The van der Waals surface area contributed by atoms with Gasteiger partial charge in [0.15, 0.2) is 0 Å². The summed E-state index contributed by atoms with van der Waals surface area (Å²) in [6, 6.07) is 3.59. The number of rotatable bonds is 6. The molecule has 2 aromatic rings. The van der Waals surface area contributed by atoms with E-state index in [1.54, 1.807) is 24.8 Å². The molecule has 122 valence electrons. The van der Waals surface area contributed by atoms with Crippen molar-refractivity contribution in [2.45, 2.75) is 38.0 Å². The number of ether oxygens (including phenoxy) is 1. The van der Waals surface area contributed by atoms with Gasteiger partial charge in [-0.05, 0) is 30.9 Å². The van der Waals surface area contributed by atoms with Gasteiger partial charge >= 0.3 is 0 Å². The van der Waals surface area contributed by atoms with Crippen molar-refractivity contribution in [2.75, 3.05) is 6.61 Å². The predicted octanol–water partition coefficient (Wildman–Crippen LogP) is 0.998. The number of nitrogens with one attached hydrogen (secondary N) is 2. The Bertz CT molecular complexity index is 695. The third kappa shape index (κ3) is 4.07. The van der Waals surface area contributed by atoms with Crippen LogP contribution in [0.5, 0.6) is 0 Å². The fraction of sp³-hybridized carbons (Fsp3) is 0.438. The summed E-state index contributed by atoms with van der Waals surface area (Å²) in [6.07, 6.45) is 10.1. The molecule has 1 aliphatic rings. The first-order chi connectivity index (χ1) is 11.2. The molecule has 0 radical (unpaired) electrons. The molecule has 0 spiro atoms. The number of aromatic amines is 1. The van der Waals surface area contributed by atoms with Gasteiger partial charge in [-0.15, -0.1) is 0 Å². The molecule has 7 nitrogen and oxygen atoms in total. The zero-order valence-electron chi connectivity index (χ0n) is 12.8. The lowest BCUT2D eigenvalue weighted by Crippen LogP contribution is -2.40. The van der Waals surface area contributed by atoms with E-state index in [2.05, 4.69) is 19.9 Å². The molecule has 0 unspecified atom stereocenters. The lowest BCUT2D eigenvalue weighted by Gasteiger charge is -2.22. The molecular weight excluding hydrogens is 296 g/mol. The highest BCUT2D eigenvalue weighted by Crippen LogP contribution is 2.29. The number of nitrogens with zero attached hydrogens (tertiary/aromatic N) is 2. The van der Waals surface area contributed by atoms with Crippen LogP contribution in [-0.4, -0.2) is 33.1 Å². The van der Waals surface area contributed by atoms with E-state index < -0.39 is 0 Å². The maximum atomic E-state index is 12.0. The summed E-state index contributed by atoms with van der Waals surface area (Å²) in [5.74, 6) is -0.133. The molecule has 2 N–H and O–H groups in total. The van der Waals surface area contributed by atoms with Crippen LogP contribution in [0.2, 0.25) is 0 Å². The van der Waals surface area contributed by atoms with Crippen molar-refractivity contribution in [1.82, 2.24) is 19.9 Å². The quantitative estimate of drug-likeness (QED) is 0.832. The molecule has 0 bridgehead atoms. The van der Waals surface area contributed by atoms with E-state index in [1.165, 1.54) is 6.07 Å². The van der Waals surface area contributed by atoms with Crippen LogP contribution in [0.25, 0.3) is 0 Å². The van der Waals surface area contributed by atoms with E-state index in [1.807, 2.05) is 6.20 Å². The molecule has 0 saturated heterocycles. The van der Waals surface area contributed by atoms with Crippen molar-refractivity contribution in [3.05, 3.63) is 53.0 Å². The minimum absolute atomic E-state index is 0.0139. The standard InChI is InChI=1S/C16H20N4O3/c21-15-8-12(4-5-18-15)9-23-10-16(22)19-13-2-1-3-14(13)20-7-6-17-11-20/h4-8,11,13-14H,1-3,9-10H2,(H,18,21)(H,19,22)/t13-,14+/m1/s1. The van der Waals surface area contributed by atoms with E-state index in [0.717, 1.165) is 24.8 Å². The molecule has 3 rings (SSSR count). The van der Waals surface area contributed by atoms with Crippen LogP contribution < -0.4 is 10.9 Å². The van der Waals surface area contributed by atoms with E-state index in [-0.39, 0.29) is 36.8 Å². The third-order valence-corrected chi connectivity index (χ3v) is 4.08. The highest BCUT2D eigenvalue weighted by molar-refractivity contribution is 5.77. The van der Waals surface area contributed by atoms with Crippen LogP contribution in [0, 0.1) is 0 Å². The molecule has 23 heavy (non-hydrogen) atoms. The summed E-state index contributed by atoms with van der Waals surface area (Å²) >= 11 is 0. The summed E-state index contributed by atoms with van der Waals surface area (Å²) in [5.41, 5.74) is 0.573. The largest absolute Gasteiger partial charge is 0.367 e. The first-order valence-electron chi connectivity index (χ1n) is 7.74. The Morgan fingerprint density at radius 3 is 3.17 bits per heavy atom. The Kier molecular flexibility index (Phi) is 4.87. The summed E-state index contributed by atoms with van der Waals surface area (Å²) in [5, 5.41) is 3.03. The lowest BCUT2D eigenvalue weighted by atomic mass is 10.1. The van der Waals surface area contributed by atoms with Gasteiger partial charge in [-0.25, -0.2) is 4.98 Å². The molecule has 1 saturated carbocycles. The van der Waals surface area contributed by atoms with Crippen molar-refractivity contribution in [3.8, 4) is 0 Å². The molecule has 1 aliphatic carbocycles. The smallest absolute Gasteiger partial charge is 0.248 e. The number of carbonyl (C=O) groups excluding carboxylic acids is 1. The highest BCUT2D eigenvalue weighted by atomic mass is 16.5. The maximum Gasteiger partial charge on any atom is 0.248 e. The lowest BCUT2D eigenvalue weighted by molar-refractivity contribution is -0.127. The van der Waals surface area contributed by atoms with Crippen molar-refractivity contribution >= 4 is 5.91 Å². The van der Waals surface area contributed by atoms with Gasteiger partial charge < -0.3 is 19.6 Å². The van der Waals surface area contributed by atoms with E-state index in [9.17, 15) is 9.59 Å². The summed E-state index contributed by atoms with van der Waals surface area (Å²) < 4.78 is 7.44. The number of pyridine rings is 1. The Labute approximate surface area is 133 Å². The number of imidazole rings is 1. The van der Waals surface area contributed by atoms with Crippen LogP contribution in [0.1, 0.15) is 30.9 Å². The van der Waals surface area contributed by atoms with Gasteiger partial charge in [-0.2, -0.15) is 0 Å². The third-order valence-electron chi connectivity index (χ3n) is 4.08. The Morgan fingerprint density at radius 2 is 2.39 bits per heavy atom. The van der Waals surface area contributed by atoms with E-state index in [0.29, 0.717) is 0 Å². The minimum atomic E-state index is -0.176. The summed E-state index contributed by atoms with van der Waals surface area (Å²) in [4.78, 5) is 29.8. The number of hydrogen-bond donors (Lipinski definition) is 2. The summed E-state index contributed by atoms with van der Waals surface area (Å²) in [6.45, 7) is 0.229. The summed E-state index contributed by atoms with van der Waals surface area (Å²) in [7, 11) is 0. The highest BCUT2D eigenvalue weighted by Gasteiger charge is 2.29. The minimum Gasteiger partial charge on any atom is -0.367 e. The Morgan fingerprint density at radius 1 is 1.48 bits per heavy atom. The Balaban J connectivity index is 1.46. The second-order valence-electron chi connectivity index (χ2n) is 5.74. The molecule has 2 heterocycles. The first-order valence-corrected chi connectivity index (χ1v) is 7.74. The molecule has 0 aliphatic heterocycles. The van der Waals surface area contributed by atoms with E-state index >= 15 is 0 Å². The zero-order valence-corrected chi connectivity index (χ0v) is 12.8. The molecule has 1 amide bonds. The number of aromatic nitrogens is 3. The molecular formula is C16H20N4O3. The van der Waals surface area contributed by atoms with Crippen LogP contribution >= 0.6 is 0 Å². The van der Waals surface area contributed by atoms with E-state index in [4.69, 9.17) is 4.74 Å². The molecule has 2 aromatic heterocycles. The predicted molar refractivity (Wildman–Crippen MR) is 83.8 cm³/mol. The number of amides is 1. The van der Waals surface area contributed by atoms with Crippen molar-refractivity contribution in [2.24, 2.45) is 0 Å². The van der Waals surface area contributed by atoms with Gasteiger partial charge in [0.1, 0.15) is 6.61 Å². The number of hydrogen-bond acceptors (Lipinski definition) is 4.